The Kier molecular flexibility index (Phi) is 12.9. The number of hydrogen-bond acceptors (Lipinski definition) is 2. The van der Waals surface area contributed by atoms with Crippen molar-refractivity contribution in [2.45, 2.75) is 94.9 Å². The Labute approximate surface area is 256 Å². The van der Waals surface area contributed by atoms with E-state index in [1.165, 1.54) is 0 Å². The van der Waals surface area contributed by atoms with E-state index in [-0.39, 0.29) is 22.4 Å². The highest BCUT2D eigenvalue weighted by molar-refractivity contribution is 5.97. The normalized spacial score (nSPS) is 21.6. The molecule has 224 valence electrons. The van der Waals surface area contributed by atoms with Crippen LogP contribution >= 0.6 is 0 Å². The van der Waals surface area contributed by atoms with Gasteiger partial charge >= 0.3 is 0 Å². The molecule has 0 saturated carbocycles. The molecule has 0 saturated heterocycles. The number of Topliss-reactive ketones (excluding diaryl/α,β-unsaturated/α-hetero) is 2. The molecule has 42 heavy (non-hydrogen) atoms. The van der Waals surface area contributed by atoms with E-state index in [1.807, 2.05) is 13.8 Å². The highest BCUT2D eigenvalue weighted by Crippen LogP contribution is 2.40. The Bertz CT molecular complexity index is 1270. The maximum Gasteiger partial charge on any atom is 0.158 e. The Hall–Kier alpha value is -3.52. The number of hydrogen-bond donors (Lipinski definition) is 0. The highest BCUT2D eigenvalue weighted by atomic mass is 16.1. The van der Waals surface area contributed by atoms with Crippen molar-refractivity contribution in [1.29, 1.82) is 0 Å². The summed E-state index contributed by atoms with van der Waals surface area (Å²) in [4.78, 5) is 24.3. The summed E-state index contributed by atoms with van der Waals surface area (Å²) in [5.41, 5.74) is 8.82. The largest absolute Gasteiger partial charge is 0.295 e. The second-order valence-corrected chi connectivity index (χ2v) is 13.1. The summed E-state index contributed by atoms with van der Waals surface area (Å²) < 4.78 is 0. The van der Waals surface area contributed by atoms with E-state index in [2.05, 4.69) is 140 Å². The number of carbonyl (C=O) groups excluding carboxylic acids is 2. The lowest BCUT2D eigenvalue weighted by molar-refractivity contribution is -0.117. The van der Waals surface area contributed by atoms with Crippen LogP contribution in [0.2, 0.25) is 0 Å². The van der Waals surface area contributed by atoms with Crippen molar-refractivity contribution in [2.75, 3.05) is 0 Å². The van der Waals surface area contributed by atoms with Gasteiger partial charge in [-0.25, -0.2) is 0 Å². The third-order valence-corrected chi connectivity index (χ3v) is 8.35. The monoisotopic (exact) mass is 564 g/mol. The van der Waals surface area contributed by atoms with Crippen LogP contribution in [0.25, 0.3) is 0 Å². The molecular formula is C40H52O2. The SMILES string of the molecule is CC1=C(/C=C/C(C)=C\C=C\C(C)=C/C=C/C=C(C)/C=C/C=C(C)/C=C/C2=C(C)C(=O)CCC2(C)C)C(C)(C)CCC1=O. The molecule has 2 nitrogen and oxygen atoms in total. The van der Waals surface area contributed by atoms with Crippen molar-refractivity contribution in [3.8, 4) is 0 Å². The summed E-state index contributed by atoms with van der Waals surface area (Å²) in [6.07, 6.45) is 32.4. The minimum Gasteiger partial charge on any atom is -0.295 e. The average Bonchev–Trinajstić information content (AvgIpc) is 2.91. The molecule has 0 heterocycles. The van der Waals surface area contributed by atoms with Crippen molar-refractivity contribution in [3.63, 3.8) is 0 Å². The van der Waals surface area contributed by atoms with Gasteiger partial charge in [-0.3, -0.25) is 9.59 Å². The number of rotatable bonds is 10. The third kappa shape index (κ3) is 10.7. The summed E-state index contributed by atoms with van der Waals surface area (Å²) in [7, 11) is 0. The van der Waals surface area contributed by atoms with E-state index in [9.17, 15) is 9.59 Å². The summed E-state index contributed by atoms with van der Waals surface area (Å²) in [5, 5.41) is 0. The zero-order chi connectivity index (χ0) is 31.5. The van der Waals surface area contributed by atoms with Crippen LogP contribution in [-0.4, -0.2) is 11.6 Å². The minimum absolute atomic E-state index is 0.0404. The fourth-order valence-corrected chi connectivity index (χ4v) is 5.28. The standard InChI is InChI=1S/C40H52O2/c1-29(17-13-19-31(3)21-23-35-33(5)37(41)25-27-39(35,7)8)15-11-12-16-30(2)18-14-20-32(4)22-24-36-34(6)38(42)26-28-40(36,9)10/h11-24H,25-28H2,1-10H3/b12-11+,17-13+,18-14+,23-21+,24-22+,29-15-,30-16+,31-19-,32-20+. The van der Waals surface area contributed by atoms with Gasteiger partial charge in [0.1, 0.15) is 0 Å². The number of ketones is 2. The van der Waals surface area contributed by atoms with E-state index in [1.54, 1.807) is 0 Å². The van der Waals surface area contributed by atoms with Crippen LogP contribution in [0.4, 0.5) is 0 Å². The van der Waals surface area contributed by atoms with E-state index >= 15 is 0 Å². The zero-order valence-corrected chi connectivity index (χ0v) is 27.7. The minimum atomic E-state index is 0.0404. The van der Waals surface area contributed by atoms with Gasteiger partial charge in [0.15, 0.2) is 11.6 Å². The quantitative estimate of drug-likeness (QED) is 0.247. The molecule has 0 unspecified atom stereocenters. The van der Waals surface area contributed by atoms with Gasteiger partial charge in [-0.05, 0) is 87.5 Å². The first-order valence-corrected chi connectivity index (χ1v) is 15.2. The average molecular weight is 565 g/mol. The van der Waals surface area contributed by atoms with Gasteiger partial charge in [-0.2, -0.15) is 0 Å². The molecule has 0 aromatic rings. The molecule has 0 N–H and O–H groups in total. The fraction of sp³-hybridized carbons (Fsp3) is 0.400. The van der Waals surface area contributed by atoms with Gasteiger partial charge in [0.2, 0.25) is 0 Å². The lowest BCUT2D eigenvalue weighted by Gasteiger charge is -2.32. The second kappa shape index (κ2) is 15.6. The van der Waals surface area contributed by atoms with Crippen LogP contribution in [-0.2, 0) is 9.59 Å². The Balaban J connectivity index is 1.93. The van der Waals surface area contributed by atoms with Crippen LogP contribution in [0.1, 0.15) is 94.9 Å². The second-order valence-electron chi connectivity index (χ2n) is 13.1. The van der Waals surface area contributed by atoms with Crippen molar-refractivity contribution >= 4 is 11.6 Å². The molecule has 2 aliphatic rings. The molecule has 0 atom stereocenters. The van der Waals surface area contributed by atoms with Crippen molar-refractivity contribution < 1.29 is 9.59 Å². The summed E-state index contributed by atoms with van der Waals surface area (Å²) >= 11 is 0. The predicted octanol–water partition coefficient (Wildman–Crippen LogP) is 11.0. The Morgan fingerprint density at radius 2 is 0.833 bits per heavy atom. The van der Waals surface area contributed by atoms with Crippen LogP contribution in [0.3, 0.4) is 0 Å². The first-order chi connectivity index (χ1) is 19.6. The molecule has 0 spiro atoms. The summed E-state index contributed by atoms with van der Waals surface area (Å²) in [6, 6.07) is 0. The third-order valence-electron chi connectivity index (χ3n) is 8.35. The topological polar surface area (TPSA) is 34.1 Å². The molecule has 0 radical (unpaired) electrons. The van der Waals surface area contributed by atoms with Gasteiger partial charge < -0.3 is 0 Å². The van der Waals surface area contributed by atoms with E-state index in [0.717, 1.165) is 57.4 Å². The molecule has 0 aliphatic heterocycles. The van der Waals surface area contributed by atoms with Crippen molar-refractivity contribution in [2.24, 2.45) is 10.8 Å². The lowest BCUT2D eigenvalue weighted by atomic mass is 9.72. The fourth-order valence-electron chi connectivity index (χ4n) is 5.28. The zero-order valence-electron chi connectivity index (χ0n) is 27.7. The van der Waals surface area contributed by atoms with Gasteiger partial charge in [0.25, 0.3) is 0 Å². The van der Waals surface area contributed by atoms with Crippen molar-refractivity contribution in [3.05, 3.63) is 130 Å². The lowest BCUT2D eigenvalue weighted by Crippen LogP contribution is -2.24. The van der Waals surface area contributed by atoms with Crippen LogP contribution in [0.5, 0.6) is 0 Å². The summed E-state index contributed by atoms with van der Waals surface area (Å²) in [5.74, 6) is 0.542. The molecule has 2 aliphatic carbocycles. The van der Waals surface area contributed by atoms with E-state index < -0.39 is 0 Å². The van der Waals surface area contributed by atoms with Gasteiger partial charge in [-0.1, -0.05) is 135 Å². The van der Waals surface area contributed by atoms with E-state index in [4.69, 9.17) is 0 Å². The smallest absolute Gasteiger partial charge is 0.158 e. The van der Waals surface area contributed by atoms with Crippen molar-refractivity contribution in [1.82, 2.24) is 0 Å². The molecule has 0 aromatic carbocycles. The maximum absolute atomic E-state index is 12.2. The molecular weight excluding hydrogens is 512 g/mol. The first kappa shape index (κ1) is 34.7. The molecule has 0 aromatic heterocycles. The number of allylic oxidation sites excluding steroid dienone is 22. The molecule has 0 fully saturated rings. The van der Waals surface area contributed by atoms with Gasteiger partial charge in [0, 0.05) is 12.8 Å². The summed E-state index contributed by atoms with van der Waals surface area (Å²) in [6.45, 7) is 21.1. The maximum atomic E-state index is 12.2. The van der Waals surface area contributed by atoms with Gasteiger partial charge in [0.05, 0.1) is 0 Å². The predicted molar refractivity (Wildman–Crippen MR) is 182 cm³/mol. The van der Waals surface area contributed by atoms with Crippen LogP contribution in [0, 0.1) is 10.8 Å². The van der Waals surface area contributed by atoms with Crippen LogP contribution < -0.4 is 0 Å². The molecule has 2 heteroatoms. The van der Waals surface area contributed by atoms with Crippen LogP contribution in [0.15, 0.2) is 130 Å². The molecule has 0 amide bonds. The Morgan fingerprint density at radius 1 is 0.524 bits per heavy atom. The molecule has 2 rings (SSSR count). The Morgan fingerprint density at radius 3 is 1.19 bits per heavy atom. The van der Waals surface area contributed by atoms with E-state index in [0.29, 0.717) is 12.8 Å². The van der Waals surface area contributed by atoms with Gasteiger partial charge in [-0.15, -0.1) is 0 Å². The number of carbonyl (C=O) groups is 2. The molecule has 0 bridgehead atoms. The highest BCUT2D eigenvalue weighted by Gasteiger charge is 2.31. The first-order valence-electron chi connectivity index (χ1n) is 15.2.